The number of benzene rings is 2. The summed E-state index contributed by atoms with van der Waals surface area (Å²) in [5.41, 5.74) is 0.922. The van der Waals surface area contributed by atoms with Gasteiger partial charge in [0.15, 0.2) is 0 Å². The Balaban J connectivity index is 1.86. The Hall–Kier alpha value is -2.68. The van der Waals surface area contributed by atoms with Crippen LogP contribution in [0.3, 0.4) is 0 Å². The molecule has 0 aromatic heterocycles. The van der Waals surface area contributed by atoms with Crippen LogP contribution in [0.25, 0.3) is 0 Å². The van der Waals surface area contributed by atoms with Gasteiger partial charge in [-0.2, -0.15) is 13.2 Å². The van der Waals surface area contributed by atoms with Gasteiger partial charge in [-0.1, -0.05) is 48.9 Å². The van der Waals surface area contributed by atoms with Gasteiger partial charge in [-0.05, 0) is 35.2 Å². The normalized spacial score (nSPS) is 18.9. The van der Waals surface area contributed by atoms with Crippen molar-refractivity contribution in [3.63, 3.8) is 0 Å². The predicted octanol–water partition coefficient (Wildman–Crippen LogP) is 6.40. The van der Waals surface area contributed by atoms with Crippen molar-refractivity contribution in [3.05, 3.63) is 64.2 Å². The van der Waals surface area contributed by atoms with E-state index in [9.17, 15) is 31.5 Å². The van der Waals surface area contributed by atoms with Crippen molar-refractivity contribution in [1.82, 2.24) is 0 Å². The van der Waals surface area contributed by atoms with E-state index in [2.05, 4.69) is 5.32 Å². The van der Waals surface area contributed by atoms with E-state index < -0.39 is 41.7 Å². The van der Waals surface area contributed by atoms with Gasteiger partial charge >= 0.3 is 12.1 Å². The predicted molar refractivity (Wildman–Crippen MR) is 113 cm³/mol. The quantitative estimate of drug-likeness (QED) is 0.422. The van der Waals surface area contributed by atoms with Crippen molar-refractivity contribution in [2.45, 2.75) is 50.1 Å². The summed E-state index contributed by atoms with van der Waals surface area (Å²) in [5, 5.41) is 11.3. The van der Waals surface area contributed by atoms with Crippen LogP contribution < -0.4 is 5.32 Å². The molecule has 0 spiro atoms. The minimum Gasteiger partial charge on any atom is -0.481 e. The monoisotopic (exact) mass is 489 g/mol. The Morgan fingerprint density at radius 1 is 1.18 bits per heavy atom. The van der Waals surface area contributed by atoms with Crippen LogP contribution in [0.1, 0.15) is 48.3 Å². The molecule has 1 aliphatic carbocycles. The third kappa shape index (κ3) is 6.01. The van der Waals surface area contributed by atoms with Crippen molar-refractivity contribution in [1.29, 1.82) is 0 Å². The van der Waals surface area contributed by atoms with E-state index in [-0.39, 0.29) is 35.5 Å². The highest BCUT2D eigenvalue weighted by Gasteiger charge is 2.57. The van der Waals surface area contributed by atoms with Gasteiger partial charge in [0, 0.05) is 12.8 Å². The number of carbonyl (C=O) groups excluding carboxylic acids is 1. The fraction of sp³-hybridized carbons (Fsp3) is 0.391. The highest BCUT2D eigenvalue weighted by molar-refractivity contribution is 6.33. The van der Waals surface area contributed by atoms with Crippen LogP contribution in [0.5, 0.6) is 0 Å². The summed E-state index contributed by atoms with van der Waals surface area (Å²) in [7, 11) is 0. The van der Waals surface area contributed by atoms with Gasteiger partial charge in [0.05, 0.1) is 28.5 Å². The zero-order chi connectivity index (χ0) is 24.6. The molecule has 33 heavy (non-hydrogen) atoms. The molecular weight excluding hydrogens is 469 g/mol. The number of hydrogen-bond donors (Lipinski definition) is 2. The third-order valence-electron chi connectivity index (χ3n) is 5.74. The Kier molecular flexibility index (Phi) is 7.02. The van der Waals surface area contributed by atoms with Crippen LogP contribution in [0, 0.1) is 5.92 Å². The third-order valence-corrected chi connectivity index (χ3v) is 6.07. The van der Waals surface area contributed by atoms with Gasteiger partial charge in [0.2, 0.25) is 5.91 Å². The molecule has 0 radical (unpaired) electrons. The smallest absolute Gasteiger partial charge is 0.392 e. The molecule has 1 amide bonds. The molecule has 1 aliphatic rings. The maximum Gasteiger partial charge on any atom is 0.392 e. The van der Waals surface area contributed by atoms with Gasteiger partial charge in [-0.3, -0.25) is 9.59 Å². The SMILES string of the molecule is C[C@H]([C@H](C(=O)Nc1cc(CCC(=O)O)ccc1Cl)c1ccc(C2CC2(F)F)cc1)C(F)(F)F. The van der Waals surface area contributed by atoms with Gasteiger partial charge in [0.25, 0.3) is 5.92 Å². The molecule has 1 saturated carbocycles. The minimum atomic E-state index is -4.70. The summed E-state index contributed by atoms with van der Waals surface area (Å²) in [6, 6.07) is 9.57. The number of halogens is 6. The van der Waals surface area contributed by atoms with Gasteiger partial charge in [0.1, 0.15) is 0 Å². The highest BCUT2D eigenvalue weighted by Crippen LogP contribution is 2.55. The molecule has 4 nitrogen and oxygen atoms in total. The Morgan fingerprint density at radius 2 is 1.79 bits per heavy atom. The van der Waals surface area contributed by atoms with Crippen molar-refractivity contribution in [3.8, 4) is 0 Å². The van der Waals surface area contributed by atoms with E-state index in [1.165, 1.54) is 36.4 Å². The molecule has 1 unspecified atom stereocenters. The fourth-order valence-corrected chi connectivity index (χ4v) is 3.82. The second-order valence-corrected chi connectivity index (χ2v) is 8.60. The maximum absolute atomic E-state index is 13.6. The lowest BCUT2D eigenvalue weighted by Gasteiger charge is -2.26. The Bertz CT molecular complexity index is 1040. The van der Waals surface area contributed by atoms with Crippen LogP contribution in [0.4, 0.5) is 27.6 Å². The standard InChI is InChI=1S/C23H21ClF5NO3/c1-12(23(27,28)29)20(15-6-4-14(5-7-15)16-11-22(16,25)26)21(33)30-18-10-13(2-8-17(18)24)3-9-19(31)32/h2,4-8,10,12,16,20H,3,9,11H2,1H3,(H,30,33)(H,31,32)/t12-,16?,20+/m1/s1. The maximum atomic E-state index is 13.6. The molecule has 2 N–H and O–H groups in total. The number of carbonyl (C=O) groups is 2. The molecule has 178 valence electrons. The van der Waals surface area contributed by atoms with Crippen LogP contribution in [-0.2, 0) is 16.0 Å². The van der Waals surface area contributed by atoms with E-state index in [1.54, 1.807) is 6.07 Å². The molecule has 3 atom stereocenters. The number of hydrogen-bond acceptors (Lipinski definition) is 2. The number of aryl methyl sites for hydroxylation is 1. The van der Waals surface area contributed by atoms with E-state index in [0.29, 0.717) is 11.1 Å². The van der Waals surface area contributed by atoms with Crippen molar-refractivity contribution in [2.75, 3.05) is 5.32 Å². The van der Waals surface area contributed by atoms with Gasteiger partial charge < -0.3 is 10.4 Å². The number of carboxylic acids is 1. The largest absolute Gasteiger partial charge is 0.481 e. The van der Waals surface area contributed by atoms with Crippen molar-refractivity contribution < 1.29 is 36.6 Å². The van der Waals surface area contributed by atoms with Gasteiger partial charge in [-0.25, -0.2) is 8.78 Å². The first-order chi connectivity index (χ1) is 15.3. The van der Waals surface area contributed by atoms with Crippen LogP contribution >= 0.6 is 11.6 Å². The zero-order valence-corrected chi connectivity index (χ0v) is 18.2. The number of alkyl halides is 5. The molecule has 0 saturated heterocycles. The van der Waals surface area contributed by atoms with Crippen LogP contribution in [-0.4, -0.2) is 29.1 Å². The van der Waals surface area contributed by atoms with Gasteiger partial charge in [-0.15, -0.1) is 0 Å². The molecule has 0 bridgehead atoms. The summed E-state index contributed by atoms with van der Waals surface area (Å²) < 4.78 is 67.3. The number of anilines is 1. The van der Waals surface area contributed by atoms with E-state index in [4.69, 9.17) is 16.7 Å². The topological polar surface area (TPSA) is 66.4 Å². The first-order valence-corrected chi connectivity index (χ1v) is 10.5. The minimum absolute atomic E-state index is 0.0307. The van der Waals surface area contributed by atoms with E-state index in [1.807, 2.05) is 0 Å². The highest BCUT2D eigenvalue weighted by atomic mass is 35.5. The second-order valence-electron chi connectivity index (χ2n) is 8.19. The summed E-state index contributed by atoms with van der Waals surface area (Å²) in [4.78, 5) is 23.8. The molecule has 1 fully saturated rings. The summed E-state index contributed by atoms with van der Waals surface area (Å²) in [6.45, 7) is 0.873. The number of carboxylic acid groups (broad SMARTS) is 1. The van der Waals surface area contributed by atoms with E-state index in [0.717, 1.165) is 6.92 Å². The molecule has 2 aromatic carbocycles. The average Bonchev–Trinajstić information content (AvgIpc) is 3.36. The lowest BCUT2D eigenvalue weighted by atomic mass is 9.85. The number of aliphatic carboxylic acids is 1. The Morgan fingerprint density at radius 3 is 2.30 bits per heavy atom. The number of nitrogens with one attached hydrogen (secondary N) is 1. The zero-order valence-electron chi connectivity index (χ0n) is 17.4. The molecule has 10 heteroatoms. The molecule has 0 heterocycles. The fourth-order valence-electron chi connectivity index (χ4n) is 3.65. The second kappa shape index (κ2) is 9.29. The summed E-state index contributed by atoms with van der Waals surface area (Å²) in [6.07, 6.45) is -5.04. The number of amides is 1. The first-order valence-electron chi connectivity index (χ1n) is 10.1. The lowest BCUT2D eigenvalue weighted by molar-refractivity contribution is -0.178. The molecular formula is C23H21ClF5NO3. The Labute approximate surface area is 191 Å². The lowest BCUT2D eigenvalue weighted by Crippen LogP contribution is -2.34. The van der Waals surface area contributed by atoms with Crippen molar-refractivity contribution in [2.24, 2.45) is 5.92 Å². The van der Waals surface area contributed by atoms with Crippen LogP contribution in [0.2, 0.25) is 5.02 Å². The van der Waals surface area contributed by atoms with Crippen LogP contribution in [0.15, 0.2) is 42.5 Å². The molecule has 0 aliphatic heterocycles. The summed E-state index contributed by atoms with van der Waals surface area (Å²) >= 11 is 6.09. The van der Waals surface area contributed by atoms with Crippen molar-refractivity contribution >= 4 is 29.2 Å². The molecule has 3 rings (SSSR count). The summed E-state index contributed by atoms with van der Waals surface area (Å²) in [5.74, 6) is -9.51. The number of rotatable bonds is 8. The average molecular weight is 490 g/mol. The van der Waals surface area contributed by atoms with E-state index >= 15 is 0 Å². The molecule has 2 aromatic rings. The first kappa shape index (κ1) is 25.0.